The number of nitrogens with two attached hydrogens (primary N) is 3. The van der Waals surface area contributed by atoms with Crippen molar-refractivity contribution in [3.63, 3.8) is 0 Å². The minimum Gasteiger partial charge on any atom is -0.507 e. The second-order valence-corrected chi connectivity index (χ2v) is 28.2. The Kier molecular flexibility index (Phi) is 34.6. The standard InChI is InChI=1S/C24H25N3O6.C22H24N2O4.C21H21N3O5.C16H15NO.C6H10BrNO3.CH4/c1-14-20(22(29)23(25)30)21-17(27(14)13-16-8-5-4-6-9-16)10-7-11-18(21)33-19(24(31)32-3)12-26-15(2)28;1-15-12-18-19(24(15)14-17-8-5-4-6-9-17)10-7-11-20(18)28-21(22(26)27-3)13-23-16(2)25;1-12-17(19(25)20(23)26)18-14(24(12)11-13-6-3-2-4-7-13)8-5-9-15(18)29-16(10-22)21(27)28;1-12-10-14-15(8-5-9-16(14)18)17(12)11-13-6-3-2-4-7-13;1-4(9)8-3-5(7)6(10)11-2;/h4-11,19H,12-13H2,1-3H3,(H2,25,30)(H,26,28);4-12,21H,13-14H2,1-3H3,(H,23,25);2-9,16H,10-11,22H2,1H3,(H2,23,26)(H,27,28);2-10,18H,11H2,1H3;5H,3H2,1-2H3,(H,8,9);1H4. The van der Waals surface area contributed by atoms with Crippen LogP contribution < -0.4 is 47.4 Å². The van der Waals surface area contributed by atoms with Crippen molar-refractivity contribution in [1.29, 1.82) is 0 Å². The maximum atomic E-state index is 12.8. The number of ketones is 2. The number of amides is 5. The van der Waals surface area contributed by atoms with Crippen molar-refractivity contribution < 1.29 is 91.4 Å². The molecule has 120 heavy (non-hydrogen) atoms. The molecule has 0 bridgehead atoms. The molecule has 11 N–H and O–H groups in total. The zero-order chi connectivity index (χ0) is 86.7. The van der Waals surface area contributed by atoms with Crippen molar-refractivity contribution in [3.8, 4) is 23.0 Å². The number of carboxylic acid groups (broad SMARTS) is 1. The van der Waals surface area contributed by atoms with Crippen LogP contribution in [-0.4, -0.2) is 164 Å². The smallest absolute Gasteiger partial charge is 0.348 e. The van der Waals surface area contributed by atoms with E-state index in [1.165, 1.54) is 59.3 Å². The van der Waals surface area contributed by atoms with Gasteiger partial charge in [0.25, 0.3) is 23.4 Å². The SMILES string of the molecule is C.COC(=O)C(Br)CNC(C)=O.COC(=O)C(CNC(C)=O)Oc1cccc2c1c(C(=O)C(N)=O)c(C)n2Cc1ccccc1.COC(=O)C(CNC(C)=O)Oc1cccc2c1cc(C)n2Cc1ccccc1.Cc1c(C(=O)C(N)=O)c2c(OC(CN)C(=O)O)cccc2n1Cc1ccccc1.Cc1cc2c(O)cccc2n1Cc1ccccc1. The van der Waals surface area contributed by atoms with E-state index in [4.69, 9.17) is 40.9 Å². The minimum atomic E-state index is -1.30. The zero-order valence-corrected chi connectivity index (χ0v) is 68.9. The lowest BCUT2D eigenvalue weighted by molar-refractivity contribution is -0.149. The summed E-state index contributed by atoms with van der Waals surface area (Å²) < 4.78 is 39.6. The molecule has 12 rings (SSSR count). The highest BCUT2D eigenvalue weighted by atomic mass is 79.9. The van der Waals surface area contributed by atoms with E-state index in [-0.39, 0.29) is 74.0 Å². The average molecular weight is 1700 g/mol. The fraction of sp³-hybridized carbons (Fsp3) is 0.256. The molecule has 0 saturated carbocycles. The number of hydrogen-bond acceptors (Lipinski definition) is 19. The summed E-state index contributed by atoms with van der Waals surface area (Å²) in [6.07, 6.45) is -3.38. The molecule has 0 aliphatic heterocycles. The van der Waals surface area contributed by atoms with Crippen LogP contribution in [0.1, 0.15) is 93.9 Å². The number of carbonyl (C=O) groups excluding carboxylic acids is 10. The molecule has 0 radical (unpaired) electrons. The Balaban J connectivity index is 0.000000214. The number of aliphatic carboxylic acids is 1. The van der Waals surface area contributed by atoms with E-state index in [1.54, 1.807) is 50.2 Å². The van der Waals surface area contributed by atoms with Gasteiger partial charge in [-0.3, -0.25) is 38.4 Å². The van der Waals surface area contributed by atoms with Crippen LogP contribution in [0.2, 0.25) is 0 Å². The summed E-state index contributed by atoms with van der Waals surface area (Å²) >= 11 is 3.04. The molecule has 0 saturated heterocycles. The van der Waals surface area contributed by atoms with Gasteiger partial charge in [-0.15, -0.1) is 0 Å². The van der Waals surface area contributed by atoms with E-state index >= 15 is 0 Å². The number of carbonyl (C=O) groups is 11. The summed E-state index contributed by atoms with van der Waals surface area (Å²) in [5.41, 5.74) is 27.4. The lowest BCUT2D eigenvalue weighted by atomic mass is 10.1. The van der Waals surface area contributed by atoms with Gasteiger partial charge in [-0.1, -0.05) is 169 Å². The number of carboxylic acids is 1. The monoisotopic (exact) mass is 1700 g/mol. The van der Waals surface area contributed by atoms with Crippen LogP contribution in [0, 0.1) is 27.7 Å². The van der Waals surface area contributed by atoms with E-state index in [0.717, 1.165) is 57.4 Å². The van der Waals surface area contributed by atoms with E-state index in [0.29, 0.717) is 57.8 Å². The first-order valence-corrected chi connectivity index (χ1v) is 38.3. The van der Waals surface area contributed by atoms with Crippen LogP contribution in [0.4, 0.5) is 0 Å². The molecule has 0 aliphatic carbocycles. The van der Waals surface area contributed by atoms with Crippen LogP contribution in [0.25, 0.3) is 43.6 Å². The zero-order valence-electron chi connectivity index (χ0n) is 67.3. The lowest BCUT2D eigenvalue weighted by Gasteiger charge is -2.18. The molecule has 0 aliphatic rings. The summed E-state index contributed by atoms with van der Waals surface area (Å²) in [4.78, 5) is 128. The number of nitrogens with one attached hydrogen (secondary N) is 3. The largest absolute Gasteiger partial charge is 0.507 e. The van der Waals surface area contributed by atoms with E-state index in [2.05, 4.69) is 76.9 Å². The highest BCUT2D eigenvalue weighted by Gasteiger charge is 2.32. The summed E-state index contributed by atoms with van der Waals surface area (Å²) in [5, 5.41) is 29.3. The van der Waals surface area contributed by atoms with E-state index in [1.807, 2.05) is 156 Å². The second kappa shape index (κ2) is 44.5. The minimum absolute atomic E-state index is 0. The molecule has 30 heteroatoms. The first-order chi connectivity index (χ1) is 56.9. The maximum absolute atomic E-state index is 12.8. The molecule has 0 fully saturated rings. The summed E-state index contributed by atoms with van der Waals surface area (Å²) in [5.74, 6) is -6.28. The number of aryl methyl sites for hydroxylation is 2. The number of aromatic hydroxyl groups is 1. The third kappa shape index (κ3) is 24.4. The summed E-state index contributed by atoms with van der Waals surface area (Å²) in [6, 6.07) is 65.3. The third-order valence-corrected chi connectivity index (χ3v) is 19.5. The Bertz CT molecular complexity index is 5630. The predicted octanol–water partition coefficient (Wildman–Crippen LogP) is 10.6. The maximum Gasteiger partial charge on any atom is 0.348 e. The van der Waals surface area contributed by atoms with Gasteiger partial charge in [0.2, 0.25) is 36.0 Å². The Hall–Kier alpha value is -13.9. The van der Waals surface area contributed by atoms with Crippen molar-refractivity contribution in [3.05, 3.63) is 262 Å². The number of hydrogen-bond donors (Lipinski definition) is 8. The van der Waals surface area contributed by atoms with Crippen LogP contribution in [-0.2, 0) is 83.5 Å². The highest BCUT2D eigenvalue weighted by molar-refractivity contribution is 9.10. The molecule has 29 nitrogen and oxygen atoms in total. The number of phenolic OH excluding ortho intramolecular Hbond substituents is 1. The van der Waals surface area contributed by atoms with Gasteiger partial charge in [0.05, 0.1) is 78.4 Å². The number of methoxy groups -OCH3 is 3. The Labute approximate surface area is 701 Å². The van der Waals surface area contributed by atoms with Crippen LogP contribution >= 0.6 is 15.9 Å². The number of benzene rings is 8. The molecule has 5 amide bonds. The highest BCUT2D eigenvalue weighted by Crippen LogP contribution is 2.38. The molecule has 4 aromatic heterocycles. The summed E-state index contributed by atoms with van der Waals surface area (Å²) in [7, 11) is 3.80. The molecular weight excluding hydrogens is 1600 g/mol. The van der Waals surface area contributed by atoms with Gasteiger partial charge in [-0.25, -0.2) is 14.4 Å². The van der Waals surface area contributed by atoms with Gasteiger partial charge in [-0.2, -0.15) is 0 Å². The van der Waals surface area contributed by atoms with Gasteiger partial charge in [0, 0.05) is 93.6 Å². The van der Waals surface area contributed by atoms with Crippen molar-refractivity contribution >= 4 is 125 Å². The van der Waals surface area contributed by atoms with Gasteiger partial charge in [0.1, 0.15) is 27.8 Å². The number of fused-ring (bicyclic) bond motifs is 4. The average Bonchev–Trinajstić information content (AvgIpc) is 1.60. The quantitative estimate of drug-likeness (QED) is 0.00710. The number of esters is 3. The second-order valence-electron chi connectivity index (χ2n) is 27.1. The molecule has 12 aromatic rings. The van der Waals surface area contributed by atoms with Gasteiger partial charge >= 0.3 is 23.9 Å². The fourth-order valence-electron chi connectivity index (χ4n) is 13.0. The van der Waals surface area contributed by atoms with Gasteiger partial charge in [0.15, 0.2) is 0 Å². The Morgan fingerprint density at radius 2 is 0.725 bits per heavy atom. The molecule has 4 atom stereocenters. The molecule has 4 heterocycles. The molecule has 8 aromatic carbocycles. The van der Waals surface area contributed by atoms with Crippen molar-refractivity contribution in [1.82, 2.24) is 34.2 Å². The van der Waals surface area contributed by atoms with Gasteiger partial charge in [-0.05, 0) is 111 Å². The number of alkyl halides is 1. The first-order valence-electron chi connectivity index (χ1n) is 37.4. The number of ether oxygens (including phenoxy) is 6. The summed E-state index contributed by atoms with van der Waals surface area (Å²) in [6.45, 7) is 14.0. The number of Topliss-reactive ketones (excluding diaryl/α,β-unsaturated/α-hetero) is 2. The topological polar surface area (TPSA) is 417 Å². The first kappa shape index (κ1) is 93.3. The number of primary amides is 2. The van der Waals surface area contributed by atoms with Crippen molar-refractivity contribution in [2.75, 3.05) is 47.5 Å². The molecule has 4 unspecified atom stereocenters. The molecule has 630 valence electrons. The normalized spacial score (nSPS) is 11.6. The number of rotatable bonds is 29. The van der Waals surface area contributed by atoms with E-state index < -0.39 is 70.4 Å². The fourth-order valence-corrected chi connectivity index (χ4v) is 13.3. The Morgan fingerprint density at radius 1 is 0.408 bits per heavy atom. The Morgan fingerprint density at radius 3 is 1.07 bits per heavy atom. The molecule has 0 spiro atoms. The molecular formula is C90H99BrN10O19. The van der Waals surface area contributed by atoms with Crippen molar-refractivity contribution in [2.24, 2.45) is 17.2 Å². The number of aromatic nitrogens is 4. The number of nitrogens with zero attached hydrogens (tertiary/aromatic N) is 4. The number of phenols is 1. The third-order valence-electron chi connectivity index (χ3n) is 18.8. The predicted molar refractivity (Wildman–Crippen MR) is 459 cm³/mol. The van der Waals surface area contributed by atoms with Crippen LogP contribution in [0.5, 0.6) is 23.0 Å². The lowest BCUT2D eigenvalue weighted by Crippen LogP contribution is -2.40. The van der Waals surface area contributed by atoms with Crippen LogP contribution in [0.3, 0.4) is 0 Å². The van der Waals surface area contributed by atoms with E-state index in [9.17, 15) is 63.0 Å². The number of halogens is 1. The van der Waals surface area contributed by atoms with Crippen LogP contribution in [0.15, 0.2) is 206 Å². The van der Waals surface area contributed by atoms with Gasteiger partial charge < -0.3 is 90.1 Å². The van der Waals surface area contributed by atoms with Crippen molar-refractivity contribution in [2.45, 2.75) is 105 Å².